The Kier molecular flexibility index (Phi) is 4.95. The standard InChI is InChI=1S/C7H7NO.C2H4O2/c8-7(9)6-4-2-1-3-5-6;1-2(3)4/h1-5H,(H2,8,9);1H3,(H,3,4). The van der Waals surface area contributed by atoms with E-state index in [-0.39, 0.29) is 5.91 Å². The number of aliphatic carboxylic acids is 1. The Morgan fingerprint density at radius 3 is 1.85 bits per heavy atom. The average molecular weight is 181 g/mol. The number of primary amides is 1. The molecule has 0 radical (unpaired) electrons. The second-order valence-electron chi connectivity index (χ2n) is 2.25. The van der Waals surface area contributed by atoms with Gasteiger partial charge in [0, 0.05) is 12.5 Å². The molecule has 0 atom stereocenters. The summed E-state index contributed by atoms with van der Waals surface area (Å²) in [5.74, 6) is -1.21. The van der Waals surface area contributed by atoms with E-state index in [4.69, 9.17) is 15.6 Å². The van der Waals surface area contributed by atoms with Crippen LogP contribution in [0.25, 0.3) is 0 Å². The first kappa shape index (κ1) is 11.2. The molecule has 0 saturated carbocycles. The SMILES string of the molecule is CC(=O)O.NC(=O)c1ccccc1. The molecule has 1 amide bonds. The molecule has 0 aliphatic rings. The van der Waals surface area contributed by atoms with Crippen molar-refractivity contribution in [2.75, 3.05) is 0 Å². The minimum atomic E-state index is -0.833. The lowest BCUT2D eigenvalue weighted by Crippen LogP contribution is -2.09. The highest BCUT2D eigenvalue weighted by atomic mass is 16.4. The molecule has 4 nitrogen and oxygen atoms in total. The fourth-order valence-corrected chi connectivity index (χ4v) is 0.602. The molecule has 70 valence electrons. The van der Waals surface area contributed by atoms with Crippen molar-refractivity contribution in [2.24, 2.45) is 5.73 Å². The quantitative estimate of drug-likeness (QED) is 0.674. The molecule has 3 N–H and O–H groups in total. The van der Waals surface area contributed by atoms with Crippen LogP contribution in [-0.2, 0) is 4.79 Å². The summed E-state index contributed by atoms with van der Waals surface area (Å²) in [6, 6.07) is 8.76. The van der Waals surface area contributed by atoms with Gasteiger partial charge in [0.2, 0.25) is 5.91 Å². The first-order valence-electron chi connectivity index (χ1n) is 3.58. The zero-order valence-electron chi connectivity index (χ0n) is 7.23. The van der Waals surface area contributed by atoms with E-state index in [2.05, 4.69) is 0 Å². The highest BCUT2D eigenvalue weighted by Gasteiger charge is 1.93. The highest BCUT2D eigenvalue weighted by molar-refractivity contribution is 5.92. The fraction of sp³-hybridized carbons (Fsp3) is 0.111. The van der Waals surface area contributed by atoms with Crippen molar-refractivity contribution in [3.8, 4) is 0 Å². The Hall–Kier alpha value is -1.84. The van der Waals surface area contributed by atoms with Crippen LogP contribution in [0.1, 0.15) is 17.3 Å². The zero-order chi connectivity index (χ0) is 10.3. The Bertz CT molecular complexity index is 278. The Labute approximate surface area is 76.0 Å². The van der Waals surface area contributed by atoms with Crippen LogP contribution < -0.4 is 5.73 Å². The van der Waals surface area contributed by atoms with E-state index in [1.165, 1.54) is 0 Å². The van der Waals surface area contributed by atoms with Crippen LogP contribution in [0, 0.1) is 0 Å². The van der Waals surface area contributed by atoms with Gasteiger partial charge in [0.05, 0.1) is 0 Å². The lowest BCUT2D eigenvalue weighted by atomic mass is 10.2. The normalized spacial score (nSPS) is 8.08. The van der Waals surface area contributed by atoms with Crippen LogP contribution in [0.15, 0.2) is 30.3 Å². The molecular formula is C9H11NO3. The third-order valence-electron chi connectivity index (χ3n) is 1.06. The molecule has 0 fully saturated rings. The van der Waals surface area contributed by atoms with E-state index < -0.39 is 5.97 Å². The van der Waals surface area contributed by atoms with Crippen LogP contribution in [0.5, 0.6) is 0 Å². The van der Waals surface area contributed by atoms with Crippen molar-refractivity contribution in [3.63, 3.8) is 0 Å². The smallest absolute Gasteiger partial charge is 0.300 e. The summed E-state index contributed by atoms with van der Waals surface area (Å²) in [4.78, 5) is 19.4. The fourth-order valence-electron chi connectivity index (χ4n) is 0.602. The van der Waals surface area contributed by atoms with Crippen molar-refractivity contribution in [1.29, 1.82) is 0 Å². The second kappa shape index (κ2) is 5.77. The maximum absolute atomic E-state index is 10.4. The molecule has 1 aromatic rings. The zero-order valence-corrected chi connectivity index (χ0v) is 7.23. The van der Waals surface area contributed by atoms with E-state index in [0.29, 0.717) is 5.56 Å². The van der Waals surface area contributed by atoms with Crippen molar-refractivity contribution in [1.82, 2.24) is 0 Å². The van der Waals surface area contributed by atoms with Gasteiger partial charge in [-0.1, -0.05) is 18.2 Å². The van der Waals surface area contributed by atoms with Gasteiger partial charge in [0.15, 0.2) is 0 Å². The number of benzene rings is 1. The van der Waals surface area contributed by atoms with Crippen molar-refractivity contribution in [3.05, 3.63) is 35.9 Å². The third kappa shape index (κ3) is 6.55. The van der Waals surface area contributed by atoms with Gasteiger partial charge < -0.3 is 10.8 Å². The summed E-state index contributed by atoms with van der Waals surface area (Å²) < 4.78 is 0. The Morgan fingerprint density at radius 2 is 1.62 bits per heavy atom. The highest BCUT2D eigenvalue weighted by Crippen LogP contribution is 1.94. The molecule has 1 rings (SSSR count). The Balaban J connectivity index is 0.000000310. The lowest BCUT2D eigenvalue weighted by molar-refractivity contribution is -0.134. The van der Waals surface area contributed by atoms with E-state index in [1.54, 1.807) is 24.3 Å². The van der Waals surface area contributed by atoms with Gasteiger partial charge in [-0.25, -0.2) is 0 Å². The number of carbonyl (C=O) groups is 2. The van der Waals surface area contributed by atoms with Gasteiger partial charge in [-0.05, 0) is 12.1 Å². The molecule has 4 heteroatoms. The summed E-state index contributed by atoms with van der Waals surface area (Å²) in [6.07, 6.45) is 0. The van der Waals surface area contributed by atoms with E-state index in [9.17, 15) is 4.79 Å². The molecular weight excluding hydrogens is 170 g/mol. The number of hydrogen-bond acceptors (Lipinski definition) is 2. The van der Waals surface area contributed by atoms with Crippen LogP contribution in [0.3, 0.4) is 0 Å². The van der Waals surface area contributed by atoms with Crippen LogP contribution in [0.4, 0.5) is 0 Å². The second-order valence-corrected chi connectivity index (χ2v) is 2.25. The molecule has 0 saturated heterocycles. The lowest BCUT2D eigenvalue weighted by Gasteiger charge is -1.89. The molecule has 1 aromatic carbocycles. The summed E-state index contributed by atoms with van der Waals surface area (Å²) in [5, 5.41) is 7.42. The minimum absolute atomic E-state index is 0.379. The average Bonchev–Trinajstić information content (AvgIpc) is 2.05. The first-order valence-corrected chi connectivity index (χ1v) is 3.58. The molecule has 0 aromatic heterocycles. The molecule has 0 heterocycles. The van der Waals surface area contributed by atoms with E-state index in [1.807, 2.05) is 6.07 Å². The van der Waals surface area contributed by atoms with Crippen molar-refractivity contribution < 1.29 is 14.7 Å². The van der Waals surface area contributed by atoms with Crippen LogP contribution in [0.2, 0.25) is 0 Å². The summed E-state index contributed by atoms with van der Waals surface area (Å²) >= 11 is 0. The molecule has 0 aliphatic heterocycles. The monoisotopic (exact) mass is 181 g/mol. The topological polar surface area (TPSA) is 80.4 Å². The van der Waals surface area contributed by atoms with Gasteiger partial charge in [0.1, 0.15) is 0 Å². The molecule has 0 unspecified atom stereocenters. The maximum atomic E-state index is 10.4. The van der Waals surface area contributed by atoms with Crippen LogP contribution in [-0.4, -0.2) is 17.0 Å². The molecule has 0 bridgehead atoms. The first-order chi connectivity index (χ1) is 6.04. The van der Waals surface area contributed by atoms with Crippen molar-refractivity contribution >= 4 is 11.9 Å². The van der Waals surface area contributed by atoms with E-state index >= 15 is 0 Å². The summed E-state index contributed by atoms with van der Waals surface area (Å²) in [7, 11) is 0. The van der Waals surface area contributed by atoms with Crippen LogP contribution >= 0.6 is 0 Å². The summed E-state index contributed by atoms with van der Waals surface area (Å²) in [5.41, 5.74) is 5.53. The third-order valence-corrected chi connectivity index (χ3v) is 1.06. The number of nitrogens with two attached hydrogens (primary N) is 1. The predicted molar refractivity (Wildman–Crippen MR) is 48.3 cm³/mol. The van der Waals surface area contributed by atoms with Gasteiger partial charge in [0.25, 0.3) is 5.97 Å². The number of amides is 1. The maximum Gasteiger partial charge on any atom is 0.300 e. The largest absolute Gasteiger partial charge is 0.481 e. The molecule has 13 heavy (non-hydrogen) atoms. The van der Waals surface area contributed by atoms with Gasteiger partial charge >= 0.3 is 0 Å². The number of carbonyl (C=O) groups excluding carboxylic acids is 1. The number of carboxylic acids is 1. The van der Waals surface area contributed by atoms with Gasteiger partial charge in [-0.3, -0.25) is 9.59 Å². The van der Waals surface area contributed by atoms with Gasteiger partial charge in [-0.2, -0.15) is 0 Å². The minimum Gasteiger partial charge on any atom is -0.481 e. The molecule has 0 spiro atoms. The molecule has 0 aliphatic carbocycles. The van der Waals surface area contributed by atoms with Gasteiger partial charge in [-0.15, -0.1) is 0 Å². The summed E-state index contributed by atoms with van der Waals surface area (Å²) in [6.45, 7) is 1.08. The Morgan fingerprint density at radius 1 is 1.23 bits per heavy atom. The van der Waals surface area contributed by atoms with E-state index in [0.717, 1.165) is 6.92 Å². The number of hydrogen-bond donors (Lipinski definition) is 2. The number of carboxylic acid groups (broad SMARTS) is 1. The van der Waals surface area contributed by atoms with Crippen molar-refractivity contribution in [2.45, 2.75) is 6.92 Å². The predicted octanol–water partition coefficient (Wildman–Crippen LogP) is 0.876. The number of rotatable bonds is 1.